The van der Waals surface area contributed by atoms with E-state index in [9.17, 15) is 19.2 Å². The molecule has 190 valence electrons. The quantitative estimate of drug-likeness (QED) is 0.337. The maximum atomic E-state index is 12.7. The van der Waals surface area contributed by atoms with Gasteiger partial charge in [-0.15, -0.1) is 0 Å². The molecule has 2 atom stereocenters. The zero-order valence-corrected chi connectivity index (χ0v) is 20.2. The molecule has 0 heterocycles. The van der Waals surface area contributed by atoms with Crippen LogP contribution in [-0.2, 0) is 30.4 Å². The van der Waals surface area contributed by atoms with Crippen LogP contribution >= 0.6 is 0 Å². The number of benzene rings is 1. The minimum Gasteiger partial charge on any atom is -0.493 e. The third kappa shape index (κ3) is 9.53. The average Bonchev–Trinajstić information content (AvgIpc) is 2.74. The highest BCUT2D eigenvalue weighted by molar-refractivity contribution is 5.93. The van der Waals surface area contributed by atoms with Crippen molar-refractivity contribution in [2.75, 3.05) is 27.9 Å². The summed E-state index contributed by atoms with van der Waals surface area (Å²) in [6.07, 6.45) is -1.68. The van der Waals surface area contributed by atoms with E-state index >= 15 is 0 Å². The van der Waals surface area contributed by atoms with Gasteiger partial charge in [0.25, 0.3) is 0 Å². The Morgan fingerprint density at radius 2 is 1.65 bits per heavy atom. The monoisotopic (exact) mass is 483 g/mol. The smallest absolute Gasteiger partial charge is 0.408 e. The first-order valence-electron chi connectivity index (χ1n) is 10.4. The number of ether oxygens (including phenoxy) is 4. The number of aliphatic carboxylic acids is 1. The first-order valence-corrected chi connectivity index (χ1v) is 10.4. The summed E-state index contributed by atoms with van der Waals surface area (Å²) >= 11 is 0. The molecule has 0 aliphatic heterocycles. The molecule has 0 saturated carbocycles. The van der Waals surface area contributed by atoms with Crippen LogP contribution in [0.4, 0.5) is 4.79 Å². The number of carbonyl (C=O) groups is 4. The van der Waals surface area contributed by atoms with E-state index < -0.39 is 48.0 Å². The third-order valence-electron chi connectivity index (χ3n) is 4.29. The van der Waals surface area contributed by atoms with Crippen LogP contribution in [0.1, 0.15) is 32.8 Å². The Labute approximate surface area is 198 Å². The summed E-state index contributed by atoms with van der Waals surface area (Å²) in [7, 11) is 4.30. The molecule has 0 bridgehead atoms. The van der Waals surface area contributed by atoms with Gasteiger partial charge in [-0.1, -0.05) is 12.1 Å². The van der Waals surface area contributed by atoms with Crippen molar-refractivity contribution in [2.45, 2.75) is 51.4 Å². The molecular weight excluding hydrogens is 450 g/mol. The van der Waals surface area contributed by atoms with Crippen LogP contribution in [0.5, 0.6) is 11.5 Å². The topological polar surface area (TPSA) is 162 Å². The minimum atomic E-state index is -1.47. The number of amides is 3. The van der Waals surface area contributed by atoms with Crippen LogP contribution in [0.3, 0.4) is 0 Å². The number of hydrogen-bond donors (Lipinski definition) is 4. The summed E-state index contributed by atoms with van der Waals surface area (Å²) in [6, 6.07) is 2.54. The van der Waals surface area contributed by atoms with Gasteiger partial charge in [-0.2, -0.15) is 0 Å². The number of hydrogen-bond acceptors (Lipinski definition) is 8. The van der Waals surface area contributed by atoms with Gasteiger partial charge in [0.15, 0.2) is 11.5 Å². The van der Waals surface area contributed by atoms with Gasteiger partial charge in [-0.25, -0.2) is 4.79 Å². The van der Waals surface area contributed by atoms with Crippen LogP contribution in [0.15, 0.2) is 18.2 Å². The number of nitrogens with one attached hydrogen (secondary N) is 3. The lowest BCUT2D eigenvalue weighted by atomic mass is 10.1. The molecule has 4 N–H and O–H groups in total. The van der Waals surface area contributed by atoms with Gasteiger partial charge in [0.1, 0.15) is 17.7 Å². The molecular formula is C22H33N3O9. The number of alkyl carbamates (subject to hydrolysis) is 1. The summed E-state index contributed by atoms with van der Waals surface area (Å²) < 4.78 is 20.7. The molecule has 0 unspecified atom stereocenters. The molecule has 1 aromatic carbocycles. The van der Waals surface area contributed by atoms with Crippen molar-refractivity contribution in [3.8, 4) is 11.5 Å². The summed E-state index contributed by atoms with van der Waals surface area (Å²) in [6.45, 7) is 4.72. The summed E-state index contributed by atoms with van der Waals surface area (Å²) in [4.78, 5) is 48.7. The Morgan fingerprint density at radius 3 is 2.18 bits per heavy atom. The van der Waals surface area contributed by atoms with Crippen LogP contribution in [0.2, 0.25) is 0 Å². The Balaban J connectivity index is 2.91. The van der Waals surface area contributed by atoms with E-state index in [-0.39, 0.29) is 13.2 Å². The number of carbonyl (C=O) groups excluding carboxylic acids is 3. The minimum absolute atomic E-state index is 0.0595. The molecule has 12 heteroatoms. The predicted molar refractivity (Wildman–Crippen MR) is 121 cm³/mol. The molecule has 1 rings (SSSR count). The van der Waals surface area contributed by atoms with Crippen LogP contribution < -0.4 is 25.4 Å². The molecule has 0 aromatic heterocycles. The van der Waals surface area contributed by atoms with Crippen LogP contribution in [0, 0.1) is 0 Å². The lowest BCUT2D eigenvalue weighted by Crippen LogP contribution is -2.56. The first-order chi connectivity index (χ1) is 15.9. The molecule has 0 saturated heterocycles. The molecule has 3 amide bonds. The third-order valence-corrected chi connectivity index (χ3v) is 4.29. The highest BCUT2D eigenvalue weighted by Gasteiger charge is 2.30. The van der Waals surface area contributed by atoms with Gasteiger partial charge in [-0.05, 0) is 26.8 Å². The van der Waals surface area contributed by atoms with E-state index in [4.69, 9.17) is 24.1 Å². The summed E-state index contributed by atoms with van der Waals surface area (Å²) in [5.41, 5.74) is -0.221. The van der Waals surface area contributed by atoms with Crippen molar-refractivity contribution < 1.29 is 43.2 Å². The number of carboxylic acid groups (broad SMARTS) is 1. The Morgan fingerprint density at radius 1 is 0.971 bits per heavy atom. The molecule has 12 nitrogen and oxygen atoms in total. The second kappa shape index (κ2) is 13.2. The molecule has 0 fully saturated rings. The zero-order chi connectivity index (χ0) is 25.9. The van der Waals surface area contributed by atoms with Gasteiger partial charge >= 0.3 is 12.1 Å². The first kappa shape index (κ1) is 28.5. The van der Waals surface area contributed by atoms with Gasteiger partial charge in [0.05, 0.1) is 27.2 Å². The highest BCUT2D eigenvalue weighted by Crippen LogP contribution is 2.30. The highest BCUT2D eigenvalue weighted by atomic mass is 16.6. The fourth-order valence-electron chi connectivity index (χ4n) is 2.85. The standard InChI is InChI=1S/C22H33N3O9/c1-22(2,3)34-21(30)25-14(10-17(26)27)20(29)24-15(12-31-4)19(28)23-11-13-8-7-9-16(32-5)18(13)33-6/h7-9,14-15H,10-12H2,1-6H3,(H,23,28)(H,24,29)(H,25,30)(H,26,27)/t14-,15-/m0/s1. The number of carboxylic acids is 1. The Bertz CT molecular complexity index is 868. The van der Waals surface area contributed by atoms with Gasteiger partial charge in [0.2, 0.25) is 11.8 Å². The van der Waals surface area contributed by atoms with Crippen molar-refractivity contribution in [1.82, 2.24) is 16.0 Å². The zero-order valence-electron chi connectivity index (χ0n) is 20.2. The SMILES string of the molecule is COC[C@H](NC(=O)[C@H](CC(=O)O)NC(=O)OC(C)(C)C)C(=O)NCc1cccc(OC)c1OC. The van der Waals surface area contributed by atoms with Gasteiger partial charge in [-0.3, -0.25) is 14.4 Å². The van der Waals surface area contributed by atoms with E-state index in [0.717, 1.165) is 0 Å². The predicted octanol–water partition coefficient (Wildman–Crippen LogP) is 0.819. The summed E-state index contributed by atoms with van der Waals surface area (Å²) in [5, 5.41) is 16.4. The number of rotatable bonds is 12. The van der Waals surface area contributed by atoms with Crippen molar-refractivity contribution in [1.29, 1.82) is 0 Å². The van der Waals surface area contributed by atoms with Crippen LogP contribution in [0.25, 0.3) is 0 Å². The van der Waals surface area contributed by atoms with E-state index in [1.165, 1.54) is 21.3 Å². The van der Waals surface area contributed by atoms with Gasteiger partial charge in [0, 0.05) is 19.2 Å². The number of methoxy groups -OCH3 is 3. The average molecular weight is 484 g/mol. The van der Waals surface area contributed by atoms with E-state index in [0.29, 0.717) is 17.1 Å². The number of para-hydroxylation sites is 1. The second-order valence-corrected chi connectivity index (χ2v) is 8.18. The van der Waals surface area contributed by atoms with Crippen molar-refractivity contribution in [3.05, 3.63) is 23.8 Å². The molecule has 1 aromatic rings. The fraction of sp³-hybridized carbons (Fsp3) is 0.545. The van der Waals surface area contributed by atoms with Crippen LogP contribution in [-0.4, -0.2) is 74.6 Å². The van der Waals surface area contributed by atoms with E-state index in [2.05, 4.69) is 16.0 Å². The summed E-state index contributed by atoms with van der Waals surface area (Å²) in [5.74, 6) is -1.87. The normalized spacial score (nSPS) is 12.6. The van der Waals surface area contributed by atoms with Crippen molar-refractivity contribution >= 4 is 23.9 Å². The molecule has 0 aliphatic carbocycles. The maximum Gasteiger partial charge on any atom is 0.408 e. The fourth-order valence-corrected chi connectivity index (χ4v) is 2.85. The molecule has 0 spiro atoms. The molecule has 0 aliphatic rings. The molecule has 34 heavy (non-hydrogen) atoms. The van der Waals surface area contributed by atoms with Crippen molar-refractivity contribution in [2.24, 2.45) is 0 Å². The molecule has 0 radical (unpaired) electrons. The maximum absolute atomic E-state index is 12.7. The largest absolute Gasteiger partial charge is 0.493 e. The van der Waals surface area contributed by atoms with E-state index in [1.807, 2.05) is 0 Å². The van der Waals surface area contributed by atoms with Gasteiger partial charge < -0.3 is 40.0 Å². The second-order valence-electron chi connectivity index (χ2n) is 8.18. The van der Waals surface area contributed by atoms with Crippen molar-refractivity contribution in [3.63, 3.8) is 0 Å². The lowest BCUT2D eigenvalue weighted by Gasteiger charge is -2.24. The Kier molecular flexibility index (Phi) is 11.1. The Hall–Kier alpha value is -3.54. The van der Waals surface area contributed by atoms with E-state index in [1.54, 1.807) is 39.0 Å². The lowest BCUT2D eigenvalue weighted by molar-refractivity contribution is -0.140.